The number of anilines is 1. The summed E-state index contributed by atoms with van der Waals surface area (Å²) >= 11 is 0. The summed E-state index contributed by atoms with van der Waals surface area (Å²) in [6.45, 7) is 10.1. The first-order chi connectivity index (χ1) is 16.7. The van der Waals surface area contributed by atoms with Crippen molar-refractivity contribution >= 4 is 23.4 Å². The molecule has 1 saturated carbocycles. The van der Waals surface area contributed by atoms with E-state index in [2.05, 4.69) is 10.6 Å². The minimum absolute atomic E-state index is 0.0397. The third-order valence-electron chi connectivity index (χ3n) is 7.29. The fourth-order valence-electron chi connectivity index (χ4n) is 5.28. The van der Waals surface area contributed by atoms with Gasteiger partial charge in [-0.25, -0.2) is 0 Å². The number of fused-ring (bicyclic) bond motifs is 1. The SMILES string of the molecule is CCC(=O)NCCN1C(=O)C2(C[C@@H]2OC)Oc2cc(C)c(C(=O)N(C(C)C)[C@@H]3CCCNC3)cc21. The smallest absolute Gasteiger partial charge is 0.274 e. The Morgan fingerprint density at radius 3 is 2.74 bits per heavy atom. The minimum Gasteiger partial charge on any atom is -0.472 e. The molecule has 1 saturated heterocycles. The standard InChI is InChI=1S/C26H38N4O5/c1-6-23(31)28-10-11-29-20-13-19(24(32)30(16(2)3)18-8-7-9-27-15-18)17(4)12-21(20)35-26(25(29)33)14-22(26)34-5/h12-13,16,18,22,27H,6-11,14-15H2,1-5H3,(H,28,31)/t18-,22+,26?/m1/s1. The molecule has 0 bridgehead atoms. The molecule has 2 N–H and O–H groups in total. The van der Waals surface area contributed by atoms with Crippen LogP contribution in [0.3, 0.4) is 0 Å². The zero-order valence-corrected chi connectivity index (χ0v) is 21.5. The van der Waals surface area contributed by atoms with Crippen molar-refractivity contribution in [2.45, 2.75) is 77.2 Å². The Labute approximate surface area is 207 Å². The Kier molecular flexibility index (Phi) is 7.38. The van der Waals surface area contributed by atoms with Crippen LogP contribution in [-0.2, 0) is 14.3 Å². The summed E-state index contributed by atoms with van der Waals surface area (Å²) in [5.41, 5.74) is 0.901. The van der Waals surface area contributed by atoms with Crippen LogP contribution in [0.1, 0.15) is 62.4 Å². The first kappa shape index (κ1) is 25.4. The predicted octanol–water partition coefficient (Wildman–Crippen LogP) is 2.01. The number of benzene rings is 1. The van der Waals surface area contributed by atoms with Gasteiger partial charge < -0.3 is 29.9 Å². The zero-order chi connectivity index (χ0) is 25.3. The van der Waals surface area contributed by atoms with Gasteiger partial charge in [0.2, 0.25) is 11.5 Å². The van der Waals surface area contributed by atoms with E-state index in [0.717, 1.165) is 31.5 Å². The summed E-state index contributed by atoms with van der Waals surface area (Å²) < 4.78 is 11.7. The molecule has 2 heterocycles. The molecular weight excluding hydrogens is 448 g/mol. The van der Waals surface area contributed by atoms with E-state index in [0.29, 0.717) is 36.4 Å². The molecule has 3 amide bonds. The van der Waals surface area contributed by atoms with E-state index < -0.39 is 5.60 Å². The lowest BCUT2D eigenvalue weighted by atomic mass is 9.99. The van der Waals surface area contributed by atoms with E-state index >= 15 is 0 Å². The summed E-state index contributed by atoms with van der Waals surface area (Å²) in [4.78, 5) is 42.8. The molecule has 0 aromatic heterocycles. The van der Waals surface area contributed by atoms with Gasteiger partial charge in [0, 0.05) is 57.2 Å². The number of nitrogens with zero attached hydrogens (tertiary/aromatic N) is 2. The fourth-order valence-corrected chi connectivity index (χ4v) is 5.28. The van der Waals surface area contributed by atoms with Gasteiger partial charge in [-0.15, -0.1) is 0 Å². The van der Waals surface area contributed by atoms with Crippen LogP contribution in [-0.4, -0.2) is 79.7 Å². The molecule has 1 spiro atoms. The molecule has 3 atom stereocenters. The molecule has 192 valence electrons. The van der Waals surface area contributed by atoms with Crippen molar-refractivity contribution in [3.63, 3.8) is 0 Å². The van der Waals surface area contributed by atoms with Gasteiger partial charge in [0.05, 0.1) is 5.69 Å². The molecule has 3 aliphatic rings. The second-order valence-electron chi connectivity index (χ2n) is 10.0. The molecule has 9 heteroatoms. The quantitative estimate of drug-likeness (QED) is 0.583. The number of ether oxygens (including phenoxy) is 2. The molecule has 2 fully saturated rings. The van der Waals surface area contributed by atoms with E-state index in [4.69, 9.17) is 9.47 Å². The number of aryl methyl sites for hydroxylation is 1. The van der Waals surface area contributed by atoms with Crippen LogP contribution in [0.15, 0.2) is 12.1 Å². The van der Waals surface area contributed by atoms with Crippen LogP contribution in [0.5, 0.6) is 5.75 Å². The van der Waals surface area contributed by atoms with Crippen molar-refractivity contribution in [1.29, 1.82) is 0 Å². The average molecular weight is 487 g/mol. The predicted molar refractivity (Wildman–Crippen MR) is 133 cm³/mol. The van der Waals surface area contributed by atoms with Gasteiger partial charge in [-0.2, -0.15) is 0 Å². The highest BCUT2D eigenvalue weighted by Crippen LogP contribution is 2.51. The highest BCUT2D eigenvalue weighted by Gasteiger charge is 2.67. The Morgan fingerprint density at radius 1 is 1.37 bits per heavy atom. The average Bonchev–Trinajstić information content (AvgIpc) is 3.55. The van der Waals surface area contributed by atoms with E-state index in [-0.39, 0.29) is 42.5 Å². The number of nitrogens with one attached hydrogen (secondary N) is 2. The van der Waals surface area contributed by atoms with Crippen molar-refractivity contribution in [3.05, 3.63) is 23.3 Å². The number of carbonyl (C=O) groups excluding carboxylic acids is 3. The summed E-state index contributed by atoms with van der Waals surface area (Å²) in [6, 6.07) is 3.81. The summed E-state index contributed by atoms with van der Waals surface area (Å²) in [5, 5.41) is 6.25. The van der Waals surface area contributed by atoms with Gasteiger partial charge in [0.1, 0.15) is 11.9 Å². The molecule has 0 radical (unpaired) electrons. The van der Waals surface area contributed by atoms with Crippen LogP contribution in [0, 0.1) is 6.92 Å². The van der Waals surface area contributed by atoms with Gasteiger partial charge in [-0.05, 0) is 57.9 Å². The van der Waals surface area contributed by atoms with E-state index in [1.165, 1.54) is 0 Å². The van der Waals surface area contributed by atoms with Gasteiger partial charge >= 0.3 is 0 Å². The Bertz CT molecular complexity index is 990. The Morgan fingerprint density at radius 2 is 2.14 bits per heavy atom. The largest absolute Gasteiger partial charge is 0.472 e. The first-order valence-electron chi connectivity index (χ1n) is 12.7. The van der Waals surface area contributed by atoms with Crippen molar-refractivity contribution in [1.82, 2.24) is 15.5 Å². The van der Waals surface area contributed by atoms with E-state index in [1.807, 2.05) is 31.7 Å². The number of rotatable bonds is 8. The van der Waals surface area contributed by atoms with Gasteiger partial charge in [0.25, 0.3) is 11.8 Å². The maximum absolute atomic E-state index is 13.8. The van der Waals surface area contributed by atoms with Crippen LogP contribution in [0.4, 0.5) is 5.69 Å². The first-order valence-corrected chi connectivity index (χ1v) is 12.7. The Hall–Kier alpha value is -2.65. The number of hydrogen-bond donors (Lipinski definition) is 2. The normalized spacial score (nSPS) is 25.3. The molecule has 4 rings (SSSR count). The summed E-state index contributed by atoms with van der Waals surface area (Å²) in [7, 11) is 1.57. The maximum atomic E-state index is 13.8. The van der Waals surface area contributed by atoms with Crippen LogP contribution < -0.4 is 20.3 Å². The number of hydrogen-bond acceptors (Lipinski definition) is 6. The van der Waals surface area contributed by atoms with E-state index in [9.17, 15) is 14.4 Å². The maximum Gasteiger partial charge on any atom is 0.274 e. The summed E-state index contributed by atoms with van der Waals surface area (Å²) in [5.74, 6) is 0.259. The van der Waals surface area contributed by atoms with Crippen molar-refractivity contribution in [3.8, 4) is 5.75 Å². The lowest BCUT2D eigenvalue weighted by Crippen LogP contribution is -2.53. The van der Waals surface area contributed by atoms with E-state index in [1.54, 1.807) is 25.0 Å². The molecular formula is C26H38N4O5. The van der Waals surface area contributed by atoms with Crippen LogP contribution in [0.25, 0.3) is 0 Å². The fraction of sp³-hybridized carbons (Fsp3) is 0.654. The molecule has 1 aromatic carbocycles. The summed E-state index contributed by atoms with van der Waals surface area (Å²) in [6.07, 6.45) is 2.55. The van der Waals surface area contributed by atoms with Crippen LogP contribution in [0.2, 0.25) is 0 Å². The lowest BCUT2D eigenvalue weighted by Gasteiger charge is -2.39. The molecule has 1 unspecified atom stereocenters. The number of amides is 3. The van der Waals surface area contributed by atoms with Crippen molar-refractivity contribution < 1.29 is 23.9 Å². The number of methoxy groups -OCH3 is 1. The molecule has 1 aliphatic carbocycles. The monoisotopic (exact) mass is 486 g/mol. The highest BCUT2D eigenvalue weighted by atomic mass is 16.6. The van der Waals surface area contributed by atoms with Gasteiger partial charge in [-0.3, -0.25) is 14.4 Å². The number of carbonyl (C=O) groups is 3. The van der Waals surface area contributed by atoms with Crippen LogP contribution >= 0.6 is 0 Å². The van der Waals surface area contributed by atoms with Gasteiger partial charge in [0.15, 0.2) is 0 Å². The second kappa shape index (κ2) is 10.1. The lowest BCUT2D eigenvalue weighted by molar-refractivity contribution is -0.130. The van der Waals surface area contributed by atoms with Crippen molar-refractivity contribution in [2.75, 3.05) is 38.2 Å². The highest BCUT2D eigenvalue weighted by molar-refractivity contribution is 6.07. The molecule has 9 nitrogen and oxygen atoms in total. The molecule has 35 heavy (non-hydrogen) atoms. The second-order valence-corrected chi connectivity index (χ2v) is 10.0. The Balaban J connectivity index is 1.68. The topological polar surface area (TPSA) is 100 Å². The third kappa shape index (κ3) is 4.76. The molecule has 2 aliphatic heterocycles. The minimum atomic E-state index is -1.04. The number of piperidine rings is 1. The zero-order valence-electron chi connectivity index (χ0n) is 21.5. The third-order valence-corrected chi connectivity index (χ3v) is 7.29. The van der Waals surface area contributed by atoms with Crippen molar-refractivity contribution in [2.24, 2.45) is 0 Å². The van der Waals surface area contributed by atoms with Gasteiger partial charge in [-0.1, -0.05) is 6.92 Å². The molecule has 1 aromatic rings.